The summed E-state index contributed by atoms with van der Waals surface area (Å²) in [7, 11) is 0. The summed E-state index contributed by atoms with van der Waals surface area (Å²) in [6.07, 6.45) is 18.0. The van der Waals surface area contributed by atoms with Crippen molar-refractivity contribution in [2.45, 2.75) is 137 Å². The Morgan fingerprint density at radius 2 is 1.54 bits per heavy atom. The molecular formula is C35H45NO10. The zero-order valence-corrected chi connectivity index (χ0v) is 26.5. The van der Waals surface area contributed by atoms with E-state index >= 15 is 0 Å². The van der Waals surface area contributed by atoms with Crippen molar-refractivity contribution in [3.63, 3.8) is 0 Å². The van der Waals surface area contributed by atoms with E-state index in [2.05, 4.69) is 31.3 Å². The van der Waals surface area contributed by atoms with Crippen LogP contribution in [0.2, 0.25) is 0 Å². The number of hydrogen-bond acceptors (Lipinski definition) is 10. The Morgan fingerprint density at radius 1 is 0.783 bits per heavy atom. The number of carbonyl (C=O) groups excluding carboxylic acids is 2. The second-order valence-electron chi connectivity index (χ2n) is 13.9. The normalized spacial score (nSPS) is 49.4. The third kappa shape index (κ3) is 6.36. The molecule has 11 heteroatoms. The van der Waals surface area contributed by atoms with Crippen molar-refractivity contribution in [2.75, 3.05) is 6.54 Å². The van der Waals surface area contributed by atoms with Gasteiger partial charge in [-0.05, 0) is 19.9 Å². The number of fused-ring (bicyclic) bond motifs is 6. The average molecular weight is 640 g/mol. The van der Waals surface area contributed by atoms with Crippen molar-refractivity contribution < 1.29 is 47.9 Å². The molecule has 4 saturated heterocycles. The molecule has 7 rings (SSSR count). The van der Waals surface area contributed by atoms with Crippen LogP contribution in [0.4, 0.5) is 0 Å². The summed E-state index contributed by atoms with van der Waals surface area (Å²) in [4.78, 5) is 22.0. The van der Waals surface area contributed by atoms with E-state index in [0.717, 1.165) is 6.29 Å². The second kappa shape index (κ2) is 12.9. The number of aliphatic hydroxyl groups is 1. The molecule has 11 nitrogen and oxygen atoms in total. The quantitative estimate of drug-likeness (QED) is 0.200. The van der Waals surface area contributed by atoms with Gasteiger partial charge in [-0.3, -0.25) is 9.59 Å². The maximum Gasteiger partial charge on any atom is 0.216 e. The number of ether oxygens (including phenoxy) is 7. The highest BCUT2D eigenvalue weighted by Gasteiger charge is 2.60. The summed E-state index contributed by atoms with van der Waals surface area (Å²) < 4.78 is 46.1. The monoisotopic (exact) mass is 639 g/mol. The summed E-state index contributed by atoms with van der Waals surface area (Å²) in [5.74, 6) is -0.158. The lowest BCUT2D eigenvalue weighted by molar-refractivity contribution is -0.332. The molecule has 46 heavy (non-hydrogen) atoms. The van der Waals surface area contributed by atoms with Gasteiger partial charge in [0.05, 0.1) is 53.9 Å². The van der Waals surface area contributed by atoms with Gasteiger partial charge in [0.1, 0.15) is 42.9 Å². The minimum Gasteiger partial charge on any atom is -0.390 e. The molecule has 0 aromatic heterocycles. The van der Waals surface area contributed by atoms with Crippen LogP contribution in [0.3, 0.4) is 0 Å². The Balaban J connectivity index is 1.03. The molecule has 1 amide bonds. The number of allylic oxidation sites excluding steroid dienone is 3. The molecule has 0 bridgehead atoms. The molecule has 7 aliphatic heterocycles. The fourth-order valence-electron chi connectivity index (χ4n) is 7.95. The highest BCUT2D eigenvalue weighted by atomic mass is 16.6. The van der Waals surface area contributed by atoms with Crippen LogP contribution in [0, 0.1) is 0 Å². The van der Waals surface area contributed by atoms with Crippen molar-refractivity contribution in [1.82, 2.24) is 5.32 Å². The second-order valence-corrected chi connectivity index (χ2v) is 13.9. The number of nitrogens with one attached hydrogen (secondary N) is 1. The van der Waals surface area contributed by atoms with Gasteiger partial charge in [0.15, 0.2) is 0 Å². The first kappa shape index (κ1) is 32.1. The third-order valence-electron chi connectivity index (χ3n) is 10.4. The molecule has 0 spiro atoms. The Hall–Kier alpha value is -2.48. The minimum absolute atomic E-state index is 0.158. The number of aliphatic hydroxyl groups excluding tert-OH is 1. The molecule has 0 radical (unpaired) electrons. The van der Waals surface area contributed by atoms with Gasteiger partial charge in [-0.15, -0.1) is 0 Å². The number of hydrogen-bond donors (Lipinski definition) is 2. The maximum absolute atomic E-state index is 11.5. The fourth-order valence-corrected chi connectivity index (χ4v) is 7.95. The van der Waals surface area contributed by atoms with Gasteiger partial charge < -0.3 is 43.6 Å². The highest BCUT2D eigenvalue weighted by Crippen LogP contribution is 2.49. The standard InChI is InChI=1S/C35H45NO10/c1-20(38)36-19-31-22(39)15-27-30(43-31)17-34(2)33(44-27)18-35(3)32(46-34)13-12-26-29(45-35)16-28-25(41-26)11-10-23-24(42-28)9-8-21(40-23)7-5-4-6-14-37/h4-14,21-33,39H,15-19H2,1-3H3,(H,36,38)/b6-4+,7-5+. The van der Waals surface area contributed by atoms with Crippen LogP contribution in [0.25, 0.3) is 0 Å². The average Bonchev–Trinajstić information content (AvgIpc) is 3.27. The van der Waals surface area contributed by atoms with Gasteiger partial charge in [0, 0.05) is 39.2 Å². The van der Waals surface area contributed by atoms with Crippen molar-refractivity contribution in [3.05, 3.63) is 60.8 Å². The zero-order valence-electron chi connectivity index (χ0n) is 26.5. The Kier molecular flexibility index (Phi) is 8.96. The third-order valence-corrected chi connectivity index (χ3v) is 10.4. The van der Waals surface area contributed by atoms with Gasteiger partial charge in [0.2, 0.25) is 5.91 Å². The summed E-state index contributed by atoms with van der Waals surface area (Å²) in [6.45, 7) is 5.86. The van der Waals surface area contributed by atoms with E-state index in [9.17, 15) is 14.7 Å². The first-order chi connectivity index (χ1) is 22.1. The lowest BCUT2D eigenvalue weighted by Crippen LogP contribution is -2.68. The topological polar surface area (TPSA) is 131 Å². The molecule has 4 fully saturated rings. The number of carbonyl (C=O) groups is 2. The molecular weight excluding hydrogens is 594 g/mol. The van der Waals surface area contributed by atoms with Crippen LogP contribution in [0.5, 0.6) is 0 Å². The van der Waals surface area contributed by atoms with Crippen LogP contribution in [0.1, 0.15) is 46.5 Å². The summed E-state index contributed by atoms with van der Waals surface area (Å²) in [5.41, 5.74) is -1.28. The van der Waals surface area contributed by atoms with E-state index in [0.29, 0.717) is 25.7 Å². The van der Waals surface area contributed by atoms with Gasteiger partial charge in [-0.1, -0.05) is 54.7 Å². The lowest BCUT2D eigenvalue weighted by atomic mass is 9.75. The van der Waals surface area contributed by atoms with E-state index in [1.807, 2.05) is 30.4 Å². The SMILES string of the molecule is CC(=O)NCC1OC2CC3(C)OC4C=CC5OC6C=CC7OC(/C=C/C=C/C=O)C=CC7OC6CC5OC4(C)CC3OC2CC1O. The molecule has 7 aliphatic rings. The molecule has 0 aliphatic carbocycles. The first-order valence-electron chi connectivity index (χ1n) is 16.5. The first-order valence-corrected chi connectivity index (χ1v) is 16.5. The van der Waals surface area contributed by atoms with E-state index < -0.39 is 23.4 Å². The largest absolute Gasteiger partial charge is 0.390 e. The Labute approximate surface area is 269 Å². The highest BCUT2D eigenvalue weighted by molar-refractivity contribution is 5.72. The number of rotatable bonds is 5. The van der Waals surface area contributed by atoms with Crippen molar-refractivity contribution in [3.8, 4) is 0 Å². The van der Waals surface area contributed by atoms with E-state index in [4.69, 9.17) is 33.2 Å². The van der Waals surface area contributed by atoms with Gasteiger partial charge >= 0.3 is 0 Å². The van der Waals surface area contributed by atoms with Crippen LogP contribution in [0.15, 0.2) is 60.8 Å². The molecule has 15 atom stereocenters. The van der Waals surface area contributed by atoms with Crippen LogP contribution in [-0.2, 0) is 42.7 Å². The zero-order chi connectivity index (χ0) is 32.1. The molecule has 0 aromatic rings. The van der Waals surface area contributed by atoms with Crippen molar-refractivity contribution in [1.29, 1.82) is 0 Å². The van der Waals surface area contributed by atoms with Gasteiger partial charge in [-0.2, -0.15) is 0 Å². The fraction of sp³-hybridized carbons (Fsp3) is 0.657. The van der Waals surface area contributed by atoms with Crippen molar-refractivity contribution >= 4 is 12.2 Å². The molecule has 0 saturated carbocycles. The summed E-state index contributed by atoms with van der Waals surface area (Å²) in [6, 6.07) is 0. The lowest BCUT2D eigenvalue weighted by Gasteiger charge is -2.58. The Bertz CT molecular complexity index is 1310. The van der Waals surface area contributed by atoms with Gasteiger partial charge in [-0.25, -0.2) is 0 Å². The van der Waals surface area contributed by atoms with Crippen LogP contribution >= 0.6 is 0 Å². The smallest absolute Gasteiger partial charge is 0.216 e. The number of aldehydes is 1. The number of amides is 1. The molecule has 15 unspecified atom stereocenters. The molecule has 0 aromatic carbocycles. The predicted octanol–water partition coefficient (Wildman–Crippen LogP) is 2.18. The van der Waals surface area contributed by atoms with Crippen LogP contribution < -0.4 is 5.32 Å². The molecule has 250 valence electrons. The van der Waals surface area contributed by atoms with Crippen LogP contribution in [-0.4, -0.2) is 114 Å². The van der Waals surface area contributed by atoms with Gasteiger partial charge in [0.25, 0.3) is 0 Å². The maximum atomic E-state index is 11.5. The predicted molar refractivity (Wildman–Crippen MR) is 165 cm³/mol. The summed E-state index contributed by atoms with van der Waals surface area (Å²) >= 11 is 0. The van der Waals surface area contributed by atoms with E-state index in [1.54, 1.807) is 12.2 Å². The van der Waals surface area contributed by atoms with Crippen molar-refractivity contribution in [2.24, 2.45) is 0 Å². The minimum atomic E-state index is -0.735. The summed E-state index contributed by atoms with van der Waals surface area (Å²) in [5, 5.41) is 13.5. The van der Waals surface area contributed by atoms with E-state index in [-0.39, 0.29) is 79.6 Å². The molecule has 2 N–H and O–H groups in total. The van der Waals surface area contributed by atoms with E-state index in [1.165, 1.54) is 13.0 Å². The molecule has 7 heterocycles. The Morgan fingerprint density at radius 3 is 2.37 bits per heavy atom.